The molecule has 7 nitrogen and oxygen atoms in total. The second-order valence-corrected chi connectivity index (χ2v) is 3.84. The van der Waals surface area contributed by atoms with Crippen LogP contribution in [0.3, 0.4) is 0 Å². The molecule has 2 rings (SSSR count). The van der Waals surface area contributed by atoms with E-state index in [0.717, 1.165) is 6.20 Å². The summed E-state index contributed by atoms with van der Waals surface area (Å²) in [6, 6.07) is 9.27. The highest BCUT2D eigenvalue weighted by Crippen LogP contribution is 2.15. The Hall–Kier alpha value is -2.96. The Morgan fingerprint density at radius 1 is 1.35 bits per heavy atom. The number of hydrogen-bond acceptors (Lipinski definition) is 5. The van der Waals surface area contributed by atoms with Gasteiger partial charge in [-0.3, -0.25) is 14.9 Å². The van der Waals surface area contributed by atoms with Crippen molar-refractivity contribution in [1.82, 2.24) is 4.98 Å². The zero-order valence-electron chi connectivity index (χ0n) is 10.6. The average molecular weight is 273 g/mol. The molecule has 0 fully saturated rings. The summed E-state index contributed by atoms with van der Waals surface area (Å²) in [5, 5.41) is 13.0. The van der Waals surface area contributed by atoms with Crippen LogP contribution in [0, 0.1) is 10.1 Å². The third-order valence-electron chi connectivity index (χ3n) is 2.53. The van der Waals surface area contributed by atoms with Crippen molar-refractivity contribution < 1.29 is 14.5 Å². The molecule has 1 aromatic heterocycles. The number of nitrogens with zero attached hydrogens (tertiary/aromatic N) is 2. The first kappa shape index (κ1) is 13.5. The molecule has 20 heavy (non-hydrogen) atoms. The Morgan fingerprint density at radius 3 is 2.75 bits per heavy atom. The molecule has 0 aliphatic rings. The van der Waals surface area contributed by atoms with Gasteiger partial charge in [-0.15, -0.1) is 0 Å². The molecule has 0 saturated heterocycles. The van der Waals surface area contributed by atoms with Crippen LogP contribution in [0.1, 0.15) is 10.4 Å². The summed E-state index contributed by atoms with van der Waals surface area (Å²) < 4.78 is 5.03. The highest BCUT2D eigenvalue weighted by Gasteiger charge is 2.10. The standard InChI is InChI=1S/C13H11N3O4/c1-20-11-4-2-3-9(7-11)13(17)15-12-6-5-10(8-14-12)16(18)19/h2-8H,1H3,(H,14,15,17). The van der Waals surface area contributed by atoms with Gasteiger partial charge in [-0.1, -0.05) is 6.07 Å². The van der Waals surface area contributed by atoms with Crippen molar-refractivity contribution in [1.29, 1.82) is 0 Å². The molecule has 0 atom stereocenters. The number of nitro groups is 1. The minimum Gasteiger partial charge on any atom is -0.497 e. The Balaban J connectivity index is 2.12. The topological polar surface area (TPSA) is 94.4 Å². The van der Waals surface area contributed by atoms with Crippen LogP contribution in [0.5, 0.6) is 5.75 Å². The highest BCUT2D eigenvalue weighted by atomic mass is 16.6. The molecule has 1 heterocycles. The molecule has 0 aliphatic carbocycles. The first-order chi connectivity index (χ1) is 9.60. The van der Waals surface area contributed by atoms with E-state index in [1.165, 1.54) is 19.2 Å². The van der Waals surface area contributed by atoms with Gasteiger partial charge in [0.15, 0.2) is 0 Å². The van der Waals surface area contributed by atoms with Crippen molar-refractivity contribution in [2.45, 2.75) is 0 Å². The molecule has 2 aromatic rings. The number of benzene rings is 1. The van der Waals surface area contributed by atoms with Gasteiger partial charge in [0, 0.05) is 11.6 Å². The fourth-order valence-corrected chi connectivity index (χ4v) is 1.52. The number of aromatic nitrogens is 1. The van der Waals surface area contributed by atoms with Gasteiger partial charge in [-0.2, -0.15) is 0 Å². The van der Waals surface area contributed by atoms with Crippen LogP contribution in [-0.2, 0) is 0 Å². The third kappa shape index (κ3) is 3.08. The molecule has 1 N–H and O–H groups in total. The summed E-state index contributed by atoms with van der Waals surface area (Å²) in [5.41, 5.74) is 0.272. The summed E-state index contributed by atoms with van der Waals surface area (Å²) in [6.45, 7) is 0. The number of carbonyl (C=O) groups excluding carboxylic acids is 1. The normalized spacial score (nSPS) is 9.85. The van der Waals surface area contributed by atoms with Crippen LogP contribution in [0.15, 0.2) is 42.6 Å². The van der Waals surface area contributed by atoms with Gasteiger partial charge in [0.1, 0.15) is 17.8 Å². The number of rotatable bonds is 4. The van der Waals surface area contributed by atoms with E-state index in [2.05, 4.69) is 10.3 Å². The fourth-order valence-electron chi connectivity index (χ4n) is 1.52. The monoisotopic (exact) mass is 273 g/mol. The lowest BCUT2D eigenvalue weighted by molar-refractivity contribution is -0.385. The summed E-state index contributed by atoms with van der Waals surface area (Å²) in [6.07, 6.45) is 1.08. The maximum atomic E-state index is 12.0. The Morgan fingerprint density at radius 2 is 2.15 bits per heavy atom. The molecule has 0 spiro atoms. The molecule has 102 valence electrons. The molecule has 0 unspecified atom stereocenters. The minimum absolute atomic E-state index is 0.135. The summed E-state index contributed by atoms with van der Waals surface area (Å²) in [4.78, 5) is 25.7. The van der Waals surface area contributed by atoms with Gasteiger partial charge in [0.25, 0.3) is 11.6 Å². The summed E-state index contributed by atoms with van der Waals surface area (Å²) >= 11 is 0. The van der Waals surface area contributed by atoms with E-state index in [1.54, 1.807) is 24.3 Å². The number of ether oxygens (including phenoxy) is 1. The predicted octanol–water partition coefficient (Wildman–Crippen LogP) is 2.25. The van der Waals surface area contributed by atoms with E-state index >= 15 is 0 Å². The lowest BCUT2D eigenvalue weighted by Crippen LogP contribution is -2.12. The Labute approximate surface area is 114 Å². The van der Waals surface area contributed by atoms with Gasteiger partial charge < -0.3 is 10.1 Å². The summed E-state index contributed by atoms with van der Waals surface area (Å²) in [7, 11) is 1.51. The average Bonchev–Trinajstić information content (AvgIpc) is 2.47. The van der Waals surface area contributed by atoms with E-state index in [4.69, 9.17) is 4.74 Å². The second-order valence-electron chi connectivity index (χ2n) is 3.84. The van der Waals surface area contributed by atoms with Gasteiger partial charge in [0.05, 0.1) is 12.0 Å². The molecule has 1 amide bonds. The molecule has 7 heteroatoms. The van der Waals surface area contributed by atoms with Gasteiger partial charge in [-0.25, -0.2) is 4.98 Å². The van der Waals surface area contributed by atoms with Crippen molar-refractivity contribution in [2.75, 3.05) is 12.4 Å². The van der Waals surface area contributed by atoms with E-state index in [0.29, 0.717) is 11.3 Å². The SMILES string of the molecule is COc1cccc(C(=O)Nc2ccc([N+](=O)[O-])cn2)c1. The second kappa shape index (κ2) is 5.79. The van der Waals surface area contributed by atoms with E-state index in [-0.39, 0.29) is 17.4 Å². The van der Waals surface area contributed by atoms with Gasteiger partial charge >= 0.3 is 0 Å². The molecule has 0 aliphatic heterocycles. The van der Waals surface area contributed by atoms with E-state index < -0.39 is 4.92 Å². The number of hydrogen-bond donors (Lipinski definition) is 1. The van der Waals surface area contributed by atoms with Crippen LogP contribution >= 0.6 is 0 Å². The van der Waals surface area contributed by atoms with Crippen molar-refractivity contribution in [2.24, 2.45) is 0 Å². The number of carbonyl (C=O) groups is 1. The maximum Gasteiger partial charge on any atom is 0.287 e. The first-order valence-electron chi connectivity index (χ1n) is 5.66. The summed E-state index contributed by atoms with van der Waals surface area (Å²) in [5.74, 6) is 0.433. The van der Waals surface area contributed by atoms with Crippen LogP contribution < -0.4 is 10.1 Å². The lowest BCUT2D eigenvalue weighted by Gasteiger charge is -2.05. The molecule has 0 saturated carbocycles. The molecule has 0 bridgehead atoms. The number of nitrogens with one attached hydrogen (secondary N) is 1. The minimum atomic E-state index is -0.555. The highest BCUT2D eigenvalue weighted by molar-refractivity contribution is 6.04. The van der Waals surface area contributed by atoms with Crippen LogP contribution in [0.2, 0.25) is 0 Å². The predicted molar refractivity (Wildman–Crippen MR) is 71.8 cm³/mol. The van der Waals surface area contributed by atoms with Crippen molar-refractivity contribution >= 4 is 17.4 Å². The Kier molecular flexibility index (Phi) is 3.90. The zero-order chi connectivity index (χ0) is 14.5. The molecular weight excluding hydrogens is 262 g/mol. The molecule has 0 radical (unpaired) electrons. The third-order valence-corrected chi connectivity index (χ3v) is 2.53. The molecule has 1 aromatic carbocycles. The van der Waals surface area contributed by atoms with E-state index in [9.17, 15) is 14.9 Å². The van der Waals surface area contributed by atoms with Crippen LogP contribution in [-0.4, -0.2) is 22.9 Å². The van der Waals surface area contributed by atoms with Crippen molar-refractivity contribution in [3.05, 3.63) is 58.3 Å². The fraction of sp³-hybridized carbons (Fsp3) is 0.0769. The maximum absolute atomic E-state index is 12.0. The quantitative estimate of drug-likeness (QED) is 0.681. The number of methoxy groups -OCH3 is 1. The van der Waals surface area contributed by atoms with Gasteiger partial charge in [0.2, 0.25) is 0 Å². The smallest absolute Gasteiger partial charge is 0.287 e. The van der Waals surface area contributed by atoms with Crippen molar-refractivity contribution in [3.63, 3.8) is 0 Å². The number of pyridine rings is 1. The van der Waals surface area contributed by atoms with E-state index in [1.807, 2.05) is 0 Å². The molecular formula is C13H11N3O4. The van der Waals surface area contributed by atoms with Crippen molar-refractivity contribution in [3.8, 4) is 5.75 Å². The first-order valence-corrected chi connectivity index (χ1v) is 5.66. The zero-order valence-corrected chi connectivity index (χ0v) is 10.6. The van der Waals surface area contributed by atoms with Crippen LogP contribution in [0.4, 0.5) is 11.5 Å². The van der Waals surface area contributed by atoms with Crippen LogP contribution in [0.25, 0.3) is 0 Å². The number of anilines is 1. The van der Waals surface area contributed by atoms with Gasteiger partial charge in [-0.05, 0) is 24.3 Å². The Bertz CT molecular complexity index is 640. The largest absolute Gasteiger partial charge is 0.497 e. The lowest BCUT2D eigenvalue weighted by atomic mass is 10.2. The number of amides is 1.